The van der Waals surface area contributed by atoms with Crippen molar-refractivity contribution in [1.82, 2.24) is 14.8 Å². The first-order valence-corrected chi connectivity index (χ1v) is 5.05. The van der Waals surface area contributed by atoms with Crippen molar-refractivity contribution in [2.24, 2.45) is 0 Å². The lowest BCUT2D eigenvalue weighted by Crippen LogP contribution is -2.12. The van der Waals surface area contributed by atoms with Gasteiger partial charge in [0.15, 0.2) is 0 Å². The van der Waals surface area contributed by atoms with Crippen molar-refractivity contribution in [1.29, 1.82) is 0 Å². The first kappa shape index (κ1) is 12.4. The summed E-state index contributed by atoms with van der Waals surface area (Å²) in [4.78, 5) is 3.57. The van der Waals surface area contributed by atoms with Crippen LogP contribution in [0.5, 0.6) is 5.88 Å². The Morgan fingerprint density at radius 1 is 1.33 bits per heavy atom. The summed E-state index contributed by atoms with van der Waals surface area (Å²) in [6.07, 6.45) is -2.29. The average Bonchev–Trinajstić information content (AvgIpc) is 2.74. The number of nitrogens with zero attached hydrogens (tertiary/aromatic N) is 3. The van der Waals surface area contributed by atoms with E-state index in [4.69, 9.17) is 4.74 Å². The van der Waals surface area contributed by atoms with Gasteiger partial charge in [-0.3, -0.25) is 0 Å². The normalized spacial score (nSPS) is 11.6. The third-order valence-electron chi connectivity index (χ3n) is 2.34. The van der Waals surface area contributed by atoms with Crippen LogP contribution in [-0.4, -0.2) is 21.9 Å². The first-order chi connectivity index (χ1) is 8.41. The zero-order valence-electron chi connectivity index (χ0n) is 9.69. The number of aromatic nitrogens is 3. The van der Waals surface area contributed by atoms with E-state index in [0.29, 0.717) is 5.69 Å². The van der Waals surface area contributed by atoms with Crippen LogP contribution in [0.3, 0.4) is 0 Å². The third kappa shape index (κ3) is 2.29. The summed E-state index contributed by atoms with van der Waals surface area (Å²) in [5.41, 5.74) is -0.340. The Morgan fingerprint density at radius 3 is 2.56 bits per heavy atom. The van der Waals surface area contributed by atoms with Crippen LogP contribution in [0.15, 0.2) is 24.5 Å². The van der Waals surface area contributed by atoms with Gasteiger partial charge in [0.1, 0.15) is 0 Å². The quantitative estimate of drug-likeness (QED) is 0.830. The van der Waals surface area contributed by atoms with Gasteiger partial charge in [0.2, 0.25) is 5.88 Å². The van der Waals surface area contributed by atoms with Gasteiger partial charge in [-0.15, -0.1) is 0 Å². The largest absolute Gasteiger partial charge is 0.481 e. The van der Waals surface area contributed by atoms with Gasteiger partial charge < -0.3 is 4.74 Å². The molecule has 0 saturated carbocycles. The maximum Gasteiger partial charge on any atom is 0.419 e. The van der Waals surface area contributed by atoms with Crippen molar-refractivity contribution >= 4 is 0 Å². The molecule has 0 spiro atoms. The molecule has 0 saturated heterocycles. The molecule has 0 unspecified atom stereocenters. The van der Waals surface area contributed by atoms with Gasteiger partial charge >= 0.3 is 6.18 Å². The number of pyridine rings is 1. The summed E-state index contributed by atoms with van der Waals surface area (Å²) in [7, 11) is 1.34. The van der Waals surface area contributed by atoms with Crippen LogP contribution >= 0.6 is 0 Å². The Morgan fingerprint density at radius 2 is 2.06 bits per heavy atom. The van der Waals surface area contributed by atoms with E-state index in [9.17, 15) is 13.2 Å². The second kappa shape index (κ2) is 4.32. The fourth-order valence-electron chi connectivity index (χ4n) is 1.50. The van der Waals surface area contributed by atoms with Gasteiger partial charge in [-0.05, 0) is 13.0 Å². The fourth-order valence-corrected chi connectivity index (χ4v) is 1.50. The molecule has 0 amide bonds. The number of aryl methyl sites for hydroxylation is 1. The average molecular weight is 257 g/mol. The molecule has 0 N–H and O–H groups in total. The van der Waals surface area contributed by atoms with E-state index in [2.05, 4.69) is 10.1 Å². The van der Waals surface area contributed by atoms with Crippen LogP contribution in [0, 0.1) is 6.92 Å². The van der Waals surface area contributed by atoms with E-state index < -0.39 is 11.7 Å². The minimum atomic E-state index is -4.49. The smallest absolute Gasteiger partial charge is 0.419 e. The number of ether oxygens (including phenoxy) is 1. The molecule has 2 heterocycles. The van der Waals surface area contributed by atoms with E-state index in [-0.39, 0.29) is 11.6 Å². The lowest BCUT2D eigenvalue weighted by Gasteiger charge is -2.13. The van der Waals surface area contributed by atoms with Gasteiger partial charge in [-0.2, -0.15) is 18.3 Å². The molecule has 0 aliphatic carbocycles. The summed E-state index contributed by atoms with van der Waals surface area (Å²) in [5, 5.41) is 3.96. The SMILES string of the molecule is COc1cc(-n2ccc(C)n2)c(C(F)(F)F)cn1. The van der Waals surface area contributed by atoms with E-state index in [0.717, 1.165) is 10.9 Å². The van der Waals surface area contributed by atoms with Crippen LogP contribution in [0.2, 0.25) is 0 Å². The number of rotatable bonds is 2. The van der Waals surface area contributed by atoms with Crippen molar-refractivity contribution in [2.45, 2.75) is 13.1 Å². The van der Waals surface area contributed by atoms with Crippen LogP contribution in [-0.2, 0) is 6.18 Å². The van der Waals surface area contributed by atoms with Crippen LogP contribution < -0.4 is 4.74 Å². The van der Waals surface area contributed by atoms with Crippen LogP contribution in [0.1, 0.15) is 11.3 Å². The lowest BCUT2D eigenvalue weighted by molar-refractivity contribution is -0.137. The standard InChI is InChI=1S/C11H10F3N3O/c1-7-3-4-17(16-7)9-5-10(18-2)15-6-8(9)11(12,13)14/h3-6H,1-2H3. The fraction of sp³-hybridized carbons (Fsp3) is 0.273. The number of halogens is 3. The predicted octanol–water partition coefficient (Wildman–Crippen LogP) is 2.60. The molecule has 7 heteroatoms. The van der Waals surface area contributed by atoms with Crippen LogP contribution in [0.25, 0.3) is 5.69 Å². The molecule has 96 valence electrons. The molecule has 2 rings (SSSR count). The molecule has 0 fully saturated rings. The Labute approximate surface area is 101 Å². The van der Waals surface area contributed by atoms with Gasteiger partial charge in [0.25, 0.3) is 0 Å². The highest BCUT2D eigenvalue weighted by Crippen LogP contribution is 2.34. The third-order valence-corrected chi connectivity index (χ3v) is 2.34. The Bertz CT molecular complexity index is 563. The van der Waals surface area contributed by atoms with E-state index in [1.165, 1.54) is 19.4 Å². The molecule has 2 aromatic heterocycles. The van der Waals surface area contributed by atoms with E-state index in [1.807, 2.05) is 0 Å². The molecule has 0 aromatic carbocycles. The molecular weight excluding hydrogens is 247 g/mol. The van der Waals surface area contributed by atoms with Gasteiger partial charge in [-0.1, -0.05) is 0 Å². The second-order valence-corrected chi connectivity index (χ2v) is 3.64. The summed E-state index contributed by atoms with van der Waals surface area (Å²) < 4.78 is 44.6. The highest BCUT2D eigenvalue weighted by atomic mass is 19.4. The van der Waals surface area contributed by atoms with Crippen molar-refractivity contribution in [2.75, 3.05) is 7.11 Å². The van der Waals surface area contributed by atoms with E-state index >= 15 is 0 Å². The molecule has 0 aliphatic heterocycles. The molecule has 0 aliphatic rings. The van der Waals surface area contributed by atoms with Crippen molar-refractivity contribution < 1.29 is 17.9 Å². The van der Waals surface area contributed by atoms with Crippen molar-refractivity contribution in [3.05, 3.63) is 35.8 Å². The summed E-state index contributed by atoms with van der Waals surface area (Å²) >= 11 is 0. The molecule has 4 nitrogen and oxygen atoms in total. The summed E-state index contributed by atoms with van der Waals surface area (Å²) in [6, 6.07) is 2.82. The predicted molar refractivity (Wildman–Crippen MR) is 57.7 cm³/mol. The van der Waals surface area contributed by atoms with Crippen LogP contribution in [0.4, 0.5) is 13.2 Å². The molecule has 2 aromatic rings. The van der Waals surface area contributed by atoms with Crippen molar-refractivity contribution in [3.8, 4) is 11.6 Å². The maximum absolute atomic E-state index is 12.9. The highest BCUT2D eigenvalue weighted by Gasteiger charge is 2.35. The number of alkyl halides is 3. The first-order valence-electron chi connectivity index (χ1n) is 5.05. The monoisotopic (exact) mass is 257 g/mol. The highest BCUT2D eigenvalue weighted by molar-refractivity contribution is 5.43. The topological polar surface area (TPSA) is 39.9 Å². The van der Waals surface area contributed by atoms with E-state index in [1.54, 1.807) is 13.0 Å². The number of hydrogen-bond donors (Lipinski definition) is 0. The number of hydrogen-bond acceptors (Lipinski definition) is 3. The Balaban J connectivity index is 2.61. The minimum absolute atomic E-state index is 0.103. The molecule has 18 heavy (non-hydrogen) atoms. The summed E-state index contributed by atoms with van der Waals surface area (Å²) in [6.45, 7) is 1.70. The van der Waals surface area contributed by atoms with Gasteiger partial charge in [0.05, 0.1) is 24.1 Å². The minimum Gasteiger partial charge on any atom is -0.481 e. The number of methoxy groups -OCH3 is 1. The molecule has 0 bridgehead atoms. The maximum atomic E-state index is 12.9. The second-order valence-electron chi connectivity index (χ2n) is 3.64. The molecular formula is C11H10F3N3O. The summed E-state index contributed by atoms with van der Waals surface area (Å²) in [5.74, 6) is 0.103. The lowest BCUT2D eigenvalue weighted by atomic mass is 10.2. The zero-order valence-corrected chi connectivity index (χ0v) is 9.69. The van der Waals surface area contributed by atoms with Gasteiger partial charge in [0, 0.05) is 18.5 Å². The zero-order chi connectivity index (χ0) is 13.3. The molecule has 0 atom stereocenters. The van der Waals surface area contributed by atoms with Crippen molar-refractivity contribution in [3.63, 3.8) is 0 Å². The van der Waals surface area contributed by atoms with Gasteiger partial charge in [-0.25, -0.2) is 9.67 Å². The molecule has 0 radical (unpaired) electrons. The Hall–Kier alpha value is -2.05. The Kier molecular flexibility index (Phi) is 2.98.